The number of rotatable bonds is 4. The number of carbonyl (C=O) groups excluding carboxylic acids is 1. The maximum absolute atomic E-state index is 12.0. The van der Waals surface area contributed by atoms with Crippen LogP contribution >= 0.6 is 24.0 Å². The summed E-state index contributed by atoms with van der Waals surface area (Å²) in [5, 5.41) is 6.56. The Hall–Kier alpha value is -1.51. The van der Waals surface area contributed by atoms with Gasteiger partial charge in [-0.25, -0.2) is 4.79 Å². The van der Waals surface area contributed by atoms with Crippen LogP contribution in [0.2, 0.25) is 0 Å². The largest absolute Gasteiger partial charge is 0.444 e. The molecule has 1 aliphatic heterocycles. The maximum atomic E-state index is 12.0. The lowest BCUT2D eigenvalue weighted by Crippen LogP contribution is -2.45. The van der Waals surface area contributed by atoms with E-state index in [1.54, 1.807) is 0 Å². The predicted octanol–water partition coefficient (Wildman–Crippen LogP) is 3.82. The number of ether oxygens (including phenoxy) is 1. The molecule has 3 rings (SSSR count). The number of hydrogen-bond donors (Lipinski definition) is 2. The molecule has 1 saturated carbocycles. The first-order valence-corrected chi connectivity index (χ1v) is 10.2. The molecule has 0 aromatic heterocycles. The Morgan fingerprint density at radius 3 is 2.59 bits per heavy atom. The van der Waals surface area contributed by atoms with Gasteiger partial charge >= 0.3 is 6.09 Å². The van der Waals surface area contributed by atoms with E-state index in [0.29, 0.717) is 0 Å². The second-order valence-electron chi connectivity index (χ2n) is 9.07. The summed E-state index contributed by atoms with van der Waals surface area (Å²) in [4.78, 5) is 18.7. The number of aryl methyl sites for hydroxylation is 1. The molecule has 2 N–H and O–H groups in total. The lowest BCUT2D eigenvalue weighted by molar-refractivity contribution is 0.0507. The lowest BCUT2D eigenvalue weighted by Gasteiger charge is -2.26. The van der Waals surface area contributed by atoms with Gasteiger partial charge in [-0.2, -0.15) is 0 Å². The van der Waals surface area contributed by atoms with Crippen LogP contribution in [0.4, 0.5) is 4.79 Å². The number of likely N-dealkylation sites (tertiary alicyclic amines) is 1. The molecule has 0 bridgehead atoms. The fraction of sp³-hybridized carbons (Fsp3) is 0.636. The van der Waals surface area contributed by atoms with Crippen LogP contribution in [0.15, 0.2) is 29.3 Å². The molecule has 1 aromatic carbocycles. The van der Waals surface area contributed by atoms with Crippen molar-refractivity contribution in [3.05, 3.63) is 35.4 Å². The molecular weight excluding hydrogens is 479 g/mol. The van der Waals surface area contributed by atoms with E-state index >= 15 is 0 Å². The summed E-state index contributed by atoms with van der Waals surface area (Å²) in [7, 11) is 1.82. The fourth-order valence-corrected chi connectivity index (χ4v) is 3.99. The fourth-order valence-electron chi connectivity index (χ4n) is 3.99. The van der Waals surface area contributed by atoms with Gasteiger partial charge in [0.15, 0.2) is 5.96 Å². The molecule has 162 valence electrons. The lowest BCUT2D eigenvalue weighted by atomic mass is 9.92. The molecule has 1 amide bonds. The summed E-state index contributed by atoms with van der Waals surface area (Å²) in [5.41, 5.74) is 2.56. The summed E-state index contributed by atoms with van der Waals surface area (Å²) in [6.45, 7) is 10.3. The van der Waals surface area contributed by atoms with Crippen molar-refractivity contribution in [2.24, 2.45) is 4.99 Å². The molecule has 29 heavy (non-hydrogen) atoms. The van der Waals surface area contributed by atoms with E-state index in [-0.39, 0.29) is 41.5 Å². The molecule has 1 unspecified atom stereocenters. The minimum atomic E-state index is -0.478. The molecule has 6 nitrogen and oxygen atoms in total. The van der Waals surface area contributed by atoms with Crippen molar-refractivity contribution < 1.29 is 9.53 Å². The number of hydrogen-bond acceptors (Lipinski definition) is 3. The summed E-state index contributed by atoms with van der Waals surface area (Å²) < 4.78 is 5.37. The minimum Gasteiger partial charge on any atom is -0.444 e. The third-order valence-electron chi connectivity index (χ3n) is 5.58. The zero-order valence-corrected chi connectivity index (χ0v) is 20.6. The van der Waals surface area contributed by atoms with Gasteiger partial charge in [0.2, 0.25) is 0 Å². The molecule has 1 atom stereocenters. The number of amides is 1. The third kappa shape index (κ3) is 6.23. The van der Waals surface area contributed by atoms with Gasteiger partial charge < -0.3 is 20.3 Å². The van der Waals surface area contributed by atoms with E-state index in [4.69, 9.17) is 4.74 Å². The van der Waals surface area contributed by atoms with Crippen molar-refractivity contribution >= 4 is 36.0 Å². The van der Waals surface area contributed by atoms with Crippen molar-refractivity contribution in [2.75, 3.05) is 26.7 Å². The van der Waals surface area contributed by atoms with Crippen molar-refractivity contribution in [1.82, 2.24) is 15.5 Å². The van der Waals surface area contributed by atoms with Gasteiger partial charge in [-0.15, -0.1) is 24.0 Å². The smallest absolute Gasteiger partial charge is 0.407 e. The van der Waals surface area contributed by atoms with E-state index < -0.39 is 5.60 Å². The van der Waals surface area contributed by atoms with Crippen LogP contribution in [0.3, 0.4) is 0 Å². The summed E-state index contributed by atoms with van der Waals surface area (Å²) >= 11 is 0. The molecule has 0 spiro atoms. The highest BCUT2D eigenvalue weighted by Crippen LogP contribution is 2.48. The first kappa shape index (κ1) is 23.8. The minimum absolute atomic E-state index is 0. The zero-order valence-electron chi connectivity index (χ0n) is 18.2. The van der Waals surface area contributed by atoms with Gasteiger partial charge in [0.1, 0.15) is 5.60 Å². The monoisotopic (exact) mass is 514 g/mol. The van der Waals surface area contributed by atoms with Crippen molar-refractivity contribution in [2.45, 2.75) is 64.0 Å². The molecule has 2 fully saturated rings. The van der Waals surface area contributed by atoms with E-state index in [1.165, 1.54) is 24.0 Å². The van der Waals surface area contributed by atoms with Crippen molar-refractivity contribution in [1.29, 1.82) is 0 Å². The third-order valence-corrected chi connectivity index (χ3v) is 5.58. The molecule has 7 heteroatoms. The van der Waals surface area contributed by atoms with Gasteiger partial charge in [-0.1, -0.05) is 24.3 Å². The highest BCUT2D eigenvalue weighted by molar-refractivity contribution is 14.0. The highest BCUT2D eigenvalue weighted by Gasteiger charge is 2.45. The van der Waals surface area contributed by atoms with E-state index in [2.05, 4.69) is 51.7 Å². The standard InChI is InChI=1S/C22H34N4O2.HI/c1-16-8-6-7-9-18(16)22(11-12-22)15-24-19(23-5)26-13-10-17(14-26)25-20(27)28-21(2,3)4;/h6-9,17H,10-15H2,1-5H3,(H,23,24)(H,25,27);1H. The SMILES string of the molecule is CN=C(NCC1(c2ccccc2C)CC1)N1CCC(NC(=O)OC(C)(C)C)C1.I. The van der Waals surface area contributed by atoms with E-state index in [0.717, 1.165) is 32.0 Å². The Morgan fingerprint density at radius 1 is 1.31 bits per heavy atom. The molecular formula is C22H35IN4O2. The Kier molecular flexibility index (Phi) is 7.81. The second kappa shape index (κ2) is 9.53. The average molecular weight is 514 g/mol. The quantitative estimate of drug-likeness (QED) is 0.365. The molecule has 2 aliphatic rings. The average Bonchev–Trinajstić information content (AvgIpc) is 3.26. The number of nitrogens with one attached hydrogen (secondary N) is 2. The van der Waals surface area contributed by atoms with E-state index in [1.807, 2.05) is 27.8 Å². The number of guanidine groups is 1. The number of benzene rings is 1. The van der Waals surface area contributed by atoms with Crippen LogP contribution in [0.1, 0.15) is 51.2 Å². The van der Waals surface area contributed by atoms with Gasteiger partial charge in [0.05, 0.1) is 6.04 Å². The van der Waals surface area contributed by atoms with Crippen LogP contribution in [0.5, 0.6) is 0 Å². The summed E-state index contributed by atoms with van der Waals surface area (Å²) in [6.07, 6.45) is 2.97. The first-order valence-electron chi connectivity index (χ1n) is 10.2. The van der Waals surface area contributed by atoms with Gasteiger partial charge in [-0.3, -0.25) is 4.99 Å². The van der Waals surface area contributed by atoms with Crippen LogP contribution in [-0.4, -0.2) is 55.3 Å². The summed E-state index contributed by atoms with van der Waals surface area (Å²) in [5.74, 6) is 0.911. The van der Waals surface area contributed by atoms with E-state index in [9.17, 15) is 4.79 Å². The van der Waals surface area contributed by atoms with Crippen LogP contribution in [0, 0.1) is 6.92 Å². The predicted molar refractivity (Wildman–Crippen MR) is 128 cm³/mol. The molecule has 1 heterocycles. The first-order chi connectivity index (χ1) is 13.2. The Labute approximate surface area is 191 Å². The highest BCUT2D eigenvalue weighted by atomic mass is 127. The maximum Gasteiger partial charge on any atom is 0.407 e. The van der Waals surface area contributed by atoms with Crippen LogP contribution in [-0.2, 0) is 10.2 Å². The summed E-state index contributed by atoms with van der Waals surface area (Å²) in [6, 6.07) is 8.76. The molecule has 1 saturated heterocycles. The molecule has 1 aromatic rings. The molecule has 0 radical (unpaired) electrons. The number of carbonyl (C=O) groups is 1. The zero-order chi connectivity index (χ0) is 20.4. The normalized spacial score (nSPS) is 20.7. The number of halogens is 1. The van der Waals surface area contributed by atoms with Gasteiger partial charge in [0, 0.05) is 32.1 Å². The van der Waals surface area contributed by atoms with Gasteiger partial charge in [-0.05, 0) is 58.1 Å². The Balaban J connectivity index is 0.00000300. The molecule has 1 aliphatic carbocycles. The Morgan fingerprint density at radius 2 is 2.00 bits per heavy atom. The number of alkyl carbamates (subject to hydrolysis) is 1. The van der Waals surface area contributed by atoms with Crippen LogP contribution in [0.25, 0.3) is 0 Å². The van der Waals surface area contributed by atoms with Crippen molar-refractivity contribution in [3.8, 4) is 0 Å². The van der Waals surface area contributed by atoms with Gasteiger partial charge in [0.25, 0.3) is 0 Å². The second-order valence-corrected chi connectivity index (χ2v) is 9.07. The number of aliphatic imine (C=N–C) groups is 1. The Bertz CT molecular complexity index is 741. The van der Waals surface area contributed by atoms with Crippen molar-refractivity contribution in [3.63, 3.8) is 0 Å². The number of nitrogens with zero attached hydrogens (tertiary/aromatic N) is 2. The topological polar surface area (TPSA) is 66.0 Å². The van der Waals surface area contributed by atoms with Crippen LogP contribution < -0.4 is 10.6 Å².